The lowest BCUT2D eigenvalue weighted by molar-refractivity contribution is -0.133. The maximum absolute atomic E-state index is 13.4. The largest absolute Gasteiger partial charge is 0.298 e. The molecule has 0 spiro atoms. The van der Waals surface area contributed by atoms with Crippen LogP contribution in [-0.4, -0.2) is 36.3 Å². The Bertz CT molecular complexity index is 957. The summed E-state index contributed by atoms with van der Waals surface area (Å²) in [6.45, 7) is 4.43. The number of hydrogen-bond acceptors (Lipinski definition) is 4. The second-order valence-electron chi connectivity index (χ2n) is 7.96. The molecule has 1 saturated heterocycles. The number of aryl methyl sites for hydroxylation is 1. The van der Waals surface area contributed by atoms with E-state index in [2.05, 4.69) is 6.92 Å². The van der Waals surface area contributed by atoms with E-state index in [-0.39, 0.29) is 21.8 Å². The number of hydrogen-bond donors (Lipinski definition) is 0. The van der Waals surface area contributed by atoms with E-state index in [1.165, 1.54) is 4.31 Å². The molecule has 1 aliphatic carbocycles. The van der Waals surface area contributed by atoms with Crippen LogP contribution in [0.25, 0.3) is 0 Å². The van der Waals surface area contributed by atoms with Crippen molar-refractivity contribution in [3.63, 3.8) is 0 Å². The van der Waals surface area contributed by atoms with E-state index >= 15 is 0 Å². The maximum atomic E-state index is 13.4. The first-order valence-electron chi connectivity index (χ1n) is 9.70. The van der Waals surface area contributed by atoms with Crippen LogP contribution in [0.3, 0.4) is 0 Å². The molecule has 4 unspecified atom stereocenters. The van der Waals surface area contributed by atoms with Gasteiger partial charge in [-0.2, -0.15) is 4.31 Å². The molecule has 0 aromatic heterocycles. The van der Waals surface area contributed by atoms with Crippen molar-refractivity contribution in [2.24, 2.45) is 11.8 Å². The maximum Gasteiger partial charge on any atom is 0.243 e. The Morgan fingerprint density at radius 3 is 2.36 bits per heavy atom. The number of Topliss-reactive ketones (excluding diaryl/α,β-unsaturated/α-hetero) is 1. The first-order valence-corrected chi connectivity index (χ1v) is 12.0. The second-order valence-corrected chi connectivity index (χ2v) is 11.2. The molecule has 1 saturated carbocycles. The van der Waals surface area contributed by atoms with Gasteiger partial charge in [0.1, 0.15) is 0 Å². The second kappa shape index (κ2) is 7.65. The summed E-state index contributed by atoms with van der Waals surface area (Å²) in [5.74, 6) is 0.347. The molecule has 1 heterocycles. The monoisotopic (exact) mass is 415 g/mol. The standard InChI is InChI=1S/C22H25NO3S2/c1-15-8-10-18(11-9-15)28(25,26)23-14-21(27-17-6-4-3-5-7-17)19-12-16(2)13-20(23)22(19)24/h3-11,16,19-21H,12-14H2,1-2H3. The number of fused-ring (bicyclic) bond motifs is 2. The number of benzene rings is 2. The van der Waals surface area contributed by atoms with Crippen LogP contribution < -0.4 is 0 Å². The van der Waals surface area contributed by atoms with Crippen molar-refractivity contribution in [3.8, 4) is 0 Å². The van der Waals surface area contributed by atoms with Gasteiger partial charge in [0.15, 0.2) is 5.78 Å². The van der Waals surface area contributed by atoms with Crippen LogP contribution in [0, 0.1) is 18.8 Å². The summed E-state index contributed by atoms with van der Waals surface area (Å²) in [6, 6.07) is 16.3. The zero-order valence-electron chi connectivity index (χ0n) is 16.1. The summed E-state index contributed by atoms with van der Waals surface area (Å²) in [6.07, 6.45) is 1.46. The van der Waals surface area contributed by atoms with Gasteiger partial charge in [0, 0.05) is 22.6 Å². The molecule has 0 N–H and O–H groups in total. The minimum atomic E-state index is -3.71. The summed E-state index contributed by atoms with van der Waals surface area (Å²) in [5, 5.41) is -0.0610. The highest BCUT2D eigenvalue weighted by Gasteiger charge is 2.50. The number of piperidine rings is 1. The molecule has 4 atom stereocenters. The molecule has 2 fully saturated rings. The third-order valence-electron chi connectivity index (χ3n) is 5.79. The van der Waals surface area contributed by atoms with Crippen molar-refractivity contribution in [2.45, 2.75) is 47.8 Å². The van der Waals surface area contributed by atoms with Crippen molar-refractivity contribution >= 4 is 27.6 Å². The fraction of sp³-hybridized carbons (Fsp3) is 0.409. The summed E-state index contributed by atoms with van der Waals surface area (Å²) in [5.41, 5.74) is 1.01. The number of ketones is 1. The lowest BCUT2D eigenvalue weighted by Crippen LogP contribution is -2.60. The molecule has 1 aliphatic heterocycles. The molecular weight excluding hydrogens is 390 g/mol. The van der Waals surface area contributed by atoms with Crippen LogP contribution in [0.2, 0.25) is 0 Å². The van der Waals surface area contributed by atoms with Gasteiger partial charge in [0.2, 0.25) is 10.0 Å². The highest BCUT2D eigenvalue weighted by atomic mass is 32.2. The van der Waals surface area contributed by atoms with E-state index in [1.54, 1.807) is 36.0 Å². The molecule has 28 heavy (non-hydrogen) atoms. The average molecular weight is 416 g/mol. The molecule has 2 aromatic carbocycles. The number of nitrogens with zero attached hydrogens (tertiary/aromatic N) is 1. The number of carbonyl (C=O) groups is 1. The van der Waals surface area contributed by atoms with Gasteiger partial charge in [0.05, 0.1) is 10.9 Å². The zero-order valence-corrected chi connectivity index (χ0v) is 17.7. The number of thioether (sulfide) groups is 1. The number of carbonyl (C=O) groups excluding carboxylic acids is 1. The van der Waals surface area contributed by atoms with Crippen molar-refractivity contribution in [3.05, 3.63) is 60.2 Å². The van der Waals surface area contributed by atoms with Crippen molar-refractivity contribution in [1.29, 1.82) is 0 Å². The van der Waals surface area contributed by atoms with E-state index in [0.29, 0.717) is 18.9 Å². The third kappa shape index (κ3) is 3.65. The minimum absolute atomic E-state index is 0.0610. The predicted octanol–water partition coefficient (Wildman–Crippen LogP) is 4.14. The molecule has 0 radical (unpaired) electrons. The minimum Gasteiger partial charge on any atom is -0.298 e. The Kier molecular flexibility index (Phi) is 5.38. The van der Waals surface area contributed by atoms with Gasteiger partial charge in [-0.1, -0.05) is 42.8 Å². The molecule has 2 bridgehead atoms. The van der Waals surface area contributed by atoms with Crippen LogP contribution >= 0.6 is 11.8 Å². The fourth-order valence-corrected chi connectivity index (χ4v) is 7.36. The van der Waals surface area contributed by atoms with Crippen LogP contribution in [0.4, 0.5) is 0 Å². The first-order chi connectivity index (χ1) is 13.4. The molecule has 4 nitrogen and oxygen atoms in total. The highest BCUT2D eigenvalue weighted by molar-refractivity contribution is 8.00. The van der Waals surface area contributed by atoms with E-state index in [4.69, 9.17) is 0 Å². The molecule has 0 amide bonds. The Hall–Kier alpha value is -1.63. The van der Waals surface area contributed by atoms with Crippen LogP contribution in [-0.2, 0) is 14.8 Å². The Balaban J connectivity index is 1.69. The zero-order chi connectivity index (χ0) is 19.9. The molecular formula is C22H25NO3S2. The Morgan fingerprint density at radius 2 is 1.68 bits per heavy atom. The quantitative estimate of drug-likeness (QED) is 0.753. The van der Waals surface area contributed by atoms with Gasteiger partial charge in [-0.05, 0) is 49.9 Å². The number of sulfonamides is 1. The lowest BCUT2D eigenvalue weighted by atomic mass is 9.74. The average Bonchev–Trinajstić information content (AvgIpc) is 2.66. The first kappa shape index (κ1) is 19.7. The summed E-state index contributed by atoms with van der Waals surface area (Å²) < 4.78 is 28.3. The topological polar surface area (TPSA) is 54.5 Å². The Labute approximate surface area is 171 Å². The van der Waals surface area contributed by atoms with Crippen molar-refractivity contribution < 1.29 is 13.2 Å². The summed E-state index contributed by atoms with van der Waals surface area (Å²) >= 11 is 1.63. The Morgan fingerprint density at radius 1 is 1.00 bits per heavy atom. The number of rotatable bonds is 4. The highest BCUT2D eigenvalue weighted by Crippen LogP contribution is 2.43. The van der Waals surface area contributed by atoms with Gasteiger partial charge < -0.3 is 0 Å². The van der Waals surface area contributed by atoms with Gasteiger partial charge >= 0.3 is 0 Å². The van der Waals surface area contributed by atoms with Crippen LogP contribution in [0.5, 0.6) is 0 Å². The third-order valence-corrected chi connectivity index (χ3v) is 9.00. The van der Waals surface area contributed by atoms with E-state index in [9.17, 15) is 13.2 Å². The van der Waals surface area contributed by atoms with Crippen LogP contribution in [0.15, 0.2) is 64.4 Å². The van der Waals surface area contributed by atoms with Crippen LogP contribution in [0.1, 0.15) is 25.3 Å². The van der Waals surface area contributed by atoms with E-state index < -0.39 is 16.1 Å². The summed E-state index contributed by atoms with van der Waals surface area (Å²) in [4.78, 5) is 14.5. The van der Waals surface area contributed by atoms with Gasteiger partial charge in [0.25, 0.3) is 0 Å². The van der Waals surface area contributed by atoms with Crippen molar-refractivity contribution in [1.82, 2.24) is 4.31 Å². The summed E-state index contributed by atoms with van der Waals surface area (Å²) in [7, 11) is -3.71. The normalized spacial score (nSPS) is 28.3. The SMILES string of the molecule is Cc1ccc(S(=O)(=O)N2CC(Sc3ccccc3)C3CC(C)CC2C3=O)cc1. The molecule has 2 aromatic rings. The van der Waals surface area contributed by atoms with Crippen molar-refractivity contribution in [2.75, 3.05) is 6.54 Å². The fourth-order valence-electron chi connectivity index (χ4n) is 4.32. The van der Waals surface area contributed by atoms with E-state index in [1.807, 2.05) is 37.3 Å². The molecule has 6 heteroatoms. The molecule has 4 rings (SSSR count). The lowest BCUT2D eigenvalue weighted by Gasteiger charge is -2.46. The predicted molar refractivity (Wildman–Crippen MR) is 112 cm³/mol. The smallest absolute Gasteiger partial charge is 0.243 e. The van der Waals surface area contributed by atoms with E-state index in [0.717, 1.165) is 16.9 Å². The molecule has 148 valence electrons. The van der Waals surface area contributed by atoms with Gasteiger partial charge in [-0.3, -0.25) is 4.79 Å². The molecule has 2 aliphatic rings. The van der Waals surface area contributed by atoms with Gasteiger partial charge in [-0.25, -0.2) is 8.42 Å². The van der Waals surface area contributed by atoms with Gasteiger partial charge in [-0.15, -0.1) is 11.8 Å².